The van der Waals surface area contributed by atoms with E-state index in [9.17, 15) is 9.59 Å². The second-order valence-corrected chi connectivity index (χ2v) is 4.65. The summed E-state index contributed by atoms with van der Waals surface area (Å²) in [5.74, 6) is -1.45. The van der Waals surface area contributed by atoms with Crippen molar-refractivity contribution in [3.05, 3.63) is 0 Å². The average molecular weight is 216 g/mol. The smallest absolute Gasteiger partial charge is 0.326 e. The van der Waals surface area contributed by atoms with Gasteiger partial charge in [0.2, 0.25) is 5.91 Å². The summed E-state index contributed by atoms with van der Waals surface area (Å²) in [7, 11) is 0. The van der Waals surface area contributed by atoms with Crippen molar-refractivity contribution in [2.75, 3.05) is 0 Å². The Morgan fingerprint density at radius 1 is 1.40 bits per heavy atom. The number of nitrogens with two attached hydrogens (primary N) is 1. The van der Waals surface area contributed by atoms with Gasteiger partial charge in [0.15, 0.2) is 0 Å². The molecule has 0 spiro atoms. The second-order valence-electron chi connectivity index (χ2n) is 4.65. The molecule has 5 heteroatoms. The summed E-state index contributed by atoms with van der Waals surface area (Å²) >= 11 is 0. The fourth-order valence-corrected chi connectivity index (χ4v) is 0.993. The van der Waals surface area contributed by atoms with Crippen LogP contribution >= 0.6 is 0 Å². The fourth-order valence-electron chi connectivity index (χ4n) is 0.993. The van der Waals surface area contributed by atoms with Crippen molar-refractivity contribution in [1.29, 1.82) is 0 Å². The van der Waals surface area contributed by atoms with Gasteiger partial charge in [-0.2, -0.15) is 0 Å². The molecule has 0 aliphatic heterocycles. The Kier molecular flexibility index (Phi) is 4.74. The molecule has 2 atom stereocenters. The van der Waals surface area contributed by atoms with E-state index in [4.69, 9.17) is 10.8 Å². The number of carbonyl (C=O) groups is 2. The summed E-state index contributed by atoms with van der Waals surface area (Å²) in [4.78, 5) is 22.2. The first kappa shape index (κ1) is 13.9. The lowest BCUT2D eigenvalue weighted by molar-refractivity contribution is -0.142. The molecular weight excluding hydrogens is 196 g/mol. The van der Waals surface area contributed by atoms with Crippen molar-refractivity contribution in [3.8, 4) is 0 Å². The van der Waals surface area contributed by atoms with E-state index >= 15 is 0 Å². The molecule has 0 saturated heterocycles. The lowest BCUT2D eigenvalue weighted by Gasteiger charge is -2.27. The van der Waals surface area contributed by atoms with E-state index < -0.39 is 24.0 Å². The topological polar surface area (TPSA) is 92.4 Å². The zero-order valence-electron chi connectivity index (χ0n) is 9.70. The highest BCUT2D eigenvalue weighted by molar-refractivity contribution is 5.87. The minimum absolute atomic E-state index is 0.345. The second kappa shape index (κ2) is 5.11. The van der Waals surface area contributed by atoms with E-state index in [-0.39, 0.29) is 5.41 Å². The molecule has 0 radical (unpaired) electrons. The standard InChI is InChI=1S/C10H20N2O3/c1-5-6(9(14)15)12-8(13)7(11)10(2,3)4/h6-7H,5,11H2,1-4H3,(H,12,13)(H,14,15). The Bertz CT molecular complexity index is 246. The fraction of sp³-hybridized carbons (Fsp3) is 0.800. The van der Waals surface area contributed by atoms with Gasteiger partial charge in [0, 0.05) is 0 Å². The number of carbonyl (C=O) groups excluding carboxylic acids is 1. The third-order valence-corrected chi connectivity index (χ3v) is 2.24. The maximum absolute atomic E-state index is 11.6. The van der Waals surface area contributed by atoms with Gasteiger partial charge in [0.25, 0.3) is 0 Å². The third kappa shape index (κ3) is 4.29. The molecule has 15 heavy (non-hydrogen) atoms. The monoisotopic (exact) mass is 216 g/mol. The van der Waals surface area contributed by atoms with Gasteiger partial charge in [-0.15, -0.1) is 0 Å². The summed E-state index contributed by atoms with van der Waals surface area (Å²) < 4.78 is 0. The van der Waals surface area contributed by atoms with Crippen LogP contribution in [0.3, 0.4) is 0 Å². The van der Waals surface area contributed by atoms with E-state index in [2.05, 4.69) is 5.32 Å². The molecule has 0 aromatic carbocycles. The number of amides is 1. The molecule has 0 rings (SSSR count). The molecule has 0 aromatic heterocycles. The van der Waals surface area contributed by atoms with Crippen molar-refractivity contribution >= 4 is 11.9 Å². The highest BCUT2D eigenvalue weighted by Crippen LogP contribution is 2.17. The number of carboxylic acid groups (broad SMARTS) is 1. The summed E-state index contributed by atoms with van der Waals surface area (Å²) in [6.07, 6.45) is 0.345. The number of hydrogen-bond acceptors (Lipinski definition) is 3. The number of rotatable bonds is 4. The predicted molar refractivity (Wildman–Crippen MR) is 57.3 cm³/mol. The lowest BCUT2D eigenvalue weighted by atomic mass is 9.87. The van der Waals surface area contributed by atoms with Gasteiger partial charge in [0.1, 0.15) is 6.04 Å². The SMILES string of the molecule is CCC(NC(=O)C(N)C(C)(C)C)C(=O)O. The van der Waals surface area contributed by atoms with Crippen molar-refractivity contribution in [1.82, 2.24) is 5.32 Å². The van der Waals surface area contributed by atoms with Crippen LogP contribution in [-0.2, 0) is 9.59 Å². The van der Waals surface area contributed by atoms with Crippen LogP contribution in [0.4, 0.5) is 0 Å². The van der Waals surface area contributed by atoms with Crippen molar-refractivity contribution in [3.63, 3.8) is 0 Å². The van der Waals surface area contributed by atoms with Crippen molar-refractivity contribution in [2.45, 2.75) is 46.2 Å². The first-order valence-corrected chi connectivity index (χ1v) is 4.99. The van der Waals surface area contributed by atoms with Crippen molar-refractivity contribution in [2.24, 2.45) is 11.1 Å². The molecule has 0 aliphatic rings. The summed E-state index contributed by atoms with van der Waals surface area (Å²) in [6, 6.07) is -1.56. The van der Waals surface area contributed by atoms with Crippen molar-refractivity contribution < 1.29 is 14.7 Å². The van der Waals surface area contributed by atoms with E-state index in [1.165, 1.54) is 0 Å². The zero-order chi connectivity index (χ0) is 12.2. The van der Waals surface area contributed by atoms with E-state index in [0.29, 0.717) is 6.42 Å². The molecule has 0 aliphatic carbocycles. The first-order chi connectivity index (χ1) is 6.70. The summed E-state index contributed by atoms with van der Waals surface area (Å²) in [6.45, 7) is 7.19. The first-order valence-electron chi connectivity index (χ1n) is 4.99. The maximum Gasteiger partial charge on any atom is 0.326 e. The largest absolute Gasteiger partial charge is 0.480 e. The molecule has 0 aromatic rings. The minimum atomic E-state index is -1.04. The maximum atomic E-state index is 11.6. The molecule has 2 unspecified atom stereocenters. The van der Waals surface area contributed by atoms with Crippen LogP contribution in [0.1, 0.15) is 34.1 Å². The van der Waals surface area contributed by atoms with Gasteiger partial charge >= 0.3 is 5.97 Å². The number of hydrogen-bond donors (Lipinski definition) is 3. The van der Waals surface area contributed by atoms with Crippen LogP contribution in [0.5, 0.6) is 0 Å². The predicted octanol–water partition coefficient (Wildman–Crippen LogP) is 0.339. The zero-order valence-corrected chi connectivity index (χ0v) is 9.70. The number of carboxylic acids is 1. The van der Waals surface area contributed by atoms with E-state index in [1.807, 2.05) is 20.8 Å². The molecule has 4 N–H and O–H groups in total. The highest BCUT2D eigenvalue weighted by Gasteiger charge is 2.29. The quantitative estimate of drug-likeness (QED) is 0.631. The van der Waals surface area contributed by atoms with Gasteiger partial charge in [-0.05, 0) is 11.8 Å². The Morgan fingerprint density at radius 3 is 2.13 bits per heavy atom. The van der Waals surface area contributed by atoms with Gasteiger partial charge in [-0.25, -0.2) is 4.79 Å². The van der Waals surface area contributed by atoms with Crippen LogP contribution in [0.2, 0.25) is 0 Å². The molecule has 0 bridgehead atoms. The molecular formula is C10H20N2O3. The molecule has 88 valence electrons. The van der Waals surface area contributed by atoms with Crippen LogP contribution < -0.4 is 11.1 Å². The Morgan fingerprint density at radius 2 is 1.87 bits per heavy atom. The molecule has 0 fully saturated rings. The van der Waals surface area contributed by atoms with Crippen LogP contribution in [0.25, 0.3) is 0 Å². The van der Waals surface area contributed by atoms with Crippen LogP contribution in [0.15, 0.2) is 0 Å². The van der Waals surface area contributed by atoms with Crippen LogP contribution in [-0.4, -0.2) is 29.1 Å². The normalized spacial score (nSPS) is 15.5. The number of aliphatic carboxylic acids is 1. The number of nitrogens with one attached hydrogen (secondary N) is 1. The summed E-state index contributed by atoms with van der Waals surface area (Å²) in [5.41, 5.74) is 5.32. The Labute approximate surface area is 90.0 Å². The molecule has 0 saturated carbocycles. The molecule has 5 nitrogen and oxygen atoms in total. The van der Waals surface area contributed by atoms with Gasteiger partial charge in [-0.3, -0.25) is 4.79 Å². The van der Waals surface area contributed by atoms with Gasteiger partial charge in [-0.1, -0.05) is 27.7 Å². The Hall–Kier alpha value is -1.10. The van der Waals surface area contributed by atoms with E-state index in [0.717, 1.165) is 0 Å². The third-order valence-electron chi connectivity index (χ3n) is 2.24. The van der Waals surface area contributed by atoms with Gasteiger partial charge < -0.3 is 16.2 Å². The Balaban J connectivity index is 4.42. The van der Waals surface area contributed by atoms with Gasteiger partial charge in [0.05, 0.1) is 6.04 Å². The summed E-state index contributed by atoms with van der Waals surface area (Å²) in [5, 5.41) is 11.2. The van der Waals surface area contributed by atoms with Crippen LogP contribution in [0, 0.1) is 5.41 Å². The lowest BCUT2D eigenvalue weighted by Crippen LogP contribution is -2.53. The highest BCUT2D eigenvalue weighted by atomic mass is 16.4. The average Bonchev–Trinajstić information content (AvgIpc) is 2.10. The van der Waals surface area contributed by atoms with E-state index in [1.54, 1.807) is 6.92 Å². The molecule has 0 heterocycles. The molecule has 1 amide bonds. The minimum Gasteiger partial charge on any atom is -0.480 e.